The molecule has 0 N–H and O–H groups in total. The van der Waals surface area contributed by atoms with Crippen molar-refractivity contribution < 1.29 is 4.42 Å². The number of furan rings is 1. The minimum absolute atomic E-state index is 0.288. The first-order valence-corrected chi connectivity index (χ1v) is 4.69. The molecule has 12 heavy (non-hydrogen) atoms. The van der Waals surface area contributed by atoms with E-state index in [1.807, 2.05) is 12.1 Å². The zero-order valence-electron chi connectivity index (χ0n) is 7.10. The lowest BCUT2D eigenvalue weighted by Gasteiger charge is -2.20. The molecule has 1 heterocycles. The van der Waals surface area contributed by atoms with Crippen LogP contribution in [0.1, 0.15) is 31.6 Å². The predicted octanol–water partition coefficient (Wildman–Crippen LogP) is 2.65. The molecule has 3 heteroatoms. The Morgan fingerprint density at radius 1 is 1.67 bits per heavy atom. The second-order valence-electron chi connectivity index (χ2n) is 3.30. The van der Waals surface area contributed by atoms with Crippen molar-refractivity contribution in [3.63, 3.8) is 0 Å². The van der Waals surface area contributed by atoms with Gasteiger partial charge in [0.15, 0.2) is 0 Å². The summed E-state index contributed by atoms with van der Waals surface area (Å²) in [6, 6.07) is 4.86. The number of rotatable bonds is 3. The van der Waals surface area contributed by atoms with Crippen molar-refractivity contribution in [2.75, 3.05) is 0 Å². The molecule has 0 amide bonds. The van der Waals surface area contributed by atoms with Crippen molar-refractivity contribution in [1.29, 1.82) is 0 Å². The second kappa shape index (κ2) is 3.15. The smallest absolute Gasteiger partial charge is 0.121 e. The Morgan fingerprint density at radius 3 is 2.92 bits per heavy atom. The molecule has 1 aromatic rings. The van der Waals surface area contributed by atoms with Gasteiger partial charge in [0.05, 0.1) is 12.3 Å². The minimum Gasteiger partial charge on any atom is -0.468 e. The summed E-state index contributed by atoms with van der Waals surface area (Å²) in [6.07, 6.45) is 4.25. The van der Waals surface area contributed by atoms with E-state index in [0.29, 0.717) is 6.04 Å². The van der Waals surface area contributed by atoms with Gasteiger partial charge in [-0.05, 0) is 31.9 Å². The van der Waals surface area contributed by atoms with Crippen molar-refractivity contribution in [3.05, 3.63) is 24.2 Å². The van der Waals surface area contributed by atoms with Gasteiger partial charge in [-0.15, -0.1) is 0 Å². The molecule has 2 rings (SSSR count). The average molecular weight is 183 g/mol. The van der Waals surface area contributed by atoms with Gasteiger partial charge in [-0.25, -0.2) is 4.31 Å². The number of hydrogen-bond donors (Lipinski definition) is 1. The maximum Gasteiger partial charge on any atom is 0.121 e. The van der Waals surface area contributed by atoms with Crippen molar-refractivity contribution in [1.82, 2.24) is 4.31 Å². The standard InChI is InChI=1S/C9H13NOS/c1-7(9-3-2-6-11-9)10(12)8-4-5-8/h2-3,6-8,12H,4-5H2,1H3. The Hall–Kier alpha value is -0.410. The molecule has 1 atom stereocenters. The summed E-state index contributed by atoms with van der Waals surface area (Å²) in [7, 11) is 0. The van der Waals surface area contributed by atoms with E-state index < -0.39 is 0 Å². The topological polar surface area (TPSA) is 16.4 Å². The molecule has 0 radical (unpaired) electrons. The summed E-state index contributed by atoms with van der Waals surface area (Å²) < 4.78 is 7.39. The fourth-order valence-corrected chi connectivity index (χ4v) is 1.66. The minimum atomic E-state index is 0.288. The lowest BCUT2D eigenvalue weighted by molar-refractivity contribution is 0.322. The highest BCUT2D eigenvalue weighted by Gasteiger charge is 2.31. The Morgan fingerprint density at radius 2 is 2.42 bits per heavy atom. The highest BCUT2D eigenvalue weighted by atomic mass is 32.1. The molecule has 1 aromatic heterocycles. The van der Waals surface area contributed by atoms with Gasteiger partial charge in [0, 0.05) is 6.04 Å². The molecule has 0 spiro atoms. The van der Waals surface area contributed by atoms with Crippen molar-refractivity contribution >= 4 is 12.8 Å². The number of thiol groups is 1. The third kappa shape index (κ3) is 1.52. The molecule has 1 saturated carbocycles. The molecular formula is C9H13NOS. The number of nitrogens with zero attached hydrogens (tertiary/aromatic N) is 1. The van der Waals surface area contributed by atoms with Crippen LogP contribution in [0.15, 0.2) is 22.8 Å². The Balaban J connectivity index is 2.03. The van der Waals surface area contributed by atoms with Gasteiger partial charge >= 0.3 is 0 Å². The molecule has 2 nitrogen and oxygen atoms in total. The SMILES string of the molecule is CC(c1ccco1)N(S)C1CC1. The lowest BCUT2D eigenvalue weighted by atomic mass is 10.2. The summed E-state index contributed by atoms with van der Waals surface area (Å²) in [5.74, 6) is 0.997. The normalized spacial score (nSPS) is 19.9. The molecule has 0 bridgehead atoms. The highest BCUT2D eigenvalue weighted by molar-refractivity contribution is 7.77. The summed E-state index contributed by atoms with van der Waals surface area (Å²) in [5.41, 5.74) is 0. The van der Waals surface area contributed by atoms with Gasteiger partial charge in [-0.1, -0.05) is 12.8 Å². The van der Waals surface area contributed by atoms with Crippen LogP contribution in [0.4, 0.5) is 0 Å². The summed E-state index contributed by atoms with van der Waals surface area (Å²) in [6.45, 7) is 2.12. The third-order valence-corrected chi connectivity index (χ3v) is 2.95. The van der Waals surface area contributed by atoms with Crippen LogP contribution in [0.2, 0.25) is 0 Å². The quantitative estimate of drug-likeness (QED) is 0.725. The van der Waals surface area contributed by atoms with Crippen LogP contribution in [-0.4, -0.2) is 10.3 Å². The Labute approximate surface area is 78.1 Å². The Bertz CT molecular complexity index is 243. The second-order valence-corrected chi connectivity index (χ2v) is 3.76. The van der Waals surface area contributed by atoms with Gasteiger partial charge < -0.3 is 4.42 Å². The first-order chi connectivity index (χ1) is 5.79. The van der Waals surface area contributed by atoms with Crippen molar-refractivity contribution in [2.24, 2.45) is 0 Å². The van der Waals surface area contributed by atoms with E-state index >= 15 is 0 Å². The largest absolute Gasteiger partial charge is 0.468 e. The molecule has 1 fully saturated rings. The van der Waals surface area contributed by atoms with Gasteiger partial charge in [-0.3, -0.25) is 0 Å². The van der Waals surface area contributed by atoms with Gasteiger partial charge in [0.1, 0.15) is 5.76 Å². The van der Waals surface area contributed by atoms with E-state index in [1.165, 1.54) is 12.8 Å². The summed E-state index contributed by atoms with van der Waals surface area (Å²) in [5, 5.41) is 0. The fraction of sp³-hybridized carbons (Fsp3) is 0.556. The molecule has 1 aliphatic carbocycles. The highest BCUT2D eigenvalue weighted by Crippen LogP contribution is 2.35. The molecule has 0 aliphatic heterocycles. The third-order valence-electron chi connectivity index (χ3n) is 2.27. The van der Waals surface area contributed by atoms with Crippen LogP contribution in [0.5, 0.6) is 0 Å². The predicted molar refractivity (Wildman–Crippen MR) is 51.0 cm³/mol. The zero-order valence-corrected chi connectivity index (χ0v) is 8.00. The van der Waals surface area contributed by atoms with Crippen LogP contribution in [0.3, 0.4) is 0 Å². The molecule has 0 aromatic carbocycles. The first kappa shape index (κ1) is 8.20. The van der Waals surface area contributed by atoms with Crippen molar-refractivity contribution in [3.8, 4) is 0 Å². The lowest BCUT2D eigenvalue weighted by Crippen LogP contribution is -2.18. The van der Waals surface area contributed by atoms with Gasteiger partial charge in [0.25, 0.3) is 0 Å². The average Bonchev–Trinajstić information content (AvgIpc) is 2.79. The molecule has 1 unspecified atom stereocenters. The number of hydrogen-bond acceptors (Lipinski definition) is 3. The van der Waals surface area contributed by atoms with Crippen LogP contribution >= 0.6 is 12.8 Å². The summed E-state index contributed by atoms with van der Waals surface area (Å²) in [4.78, 5) is 0. The van der Waals surface area contributed by atoms with Crippen molar-refractivity contribution in [2.45, 2.75) is 31.8 Å². The molecule has 66 valence electrons. The first-order valence-electron chi connectivity index (χ1n) is 4.29. The summed E-state index contributed by atoms with van der Waals surface area (Å²) >= 11 is 4.44. The molecular weight excluding hydrogens is 170 g/mol. The Kier molecular flexibility index (Phi) is 2.15. The molecule has 1 aliphatic rings. The maximum absolute atomic E-state index is 5.30. The van der Waals surface area contributed by atoms with E-state index in [-0.39, 0.29) is 6.04 Å². The maximum atomic E-state index is 5.30. The van der Waals surface area contributed by atoms with E-state index in [1.54, 1.807) is 6.26 Å². The van der Waals surface area contributed by atoms with Crippen LogP contribution in [0.25, 0.3) is 0 Å². The van der Waals surface area contributed by atoms with E-state index in [9.17, 15) is 0 Å². The van der Waals surface area contributed by atoms with E-state index in [0.717, 1.165) is 5.76 Å². The fourth-order valence-electron chi connectivity index (χ4n) is 1.31. The monoisotopic (exact) mass is 183 g/mol. The zero-order chi connectivity index (χ0) is 8.55. The van der Waals surface area contributed by atoms with E-state index in [4.69, 9.17) is 4.42 Å². The van der Waals surface area contributed by atoms with Gasteiger partial charge in [0.2, 0.25) is 0 Å². The van der Waals surface area contributed by atoms with Crippen LogP contribution in [-0.2, 0) is 0 Å². The van der Waals surface area contributed by atoms with E-state index in [2.05, 4.69) is 24.0 Å². The van der Waals surface area contributed by atoms with Gasteiger partial charge in [-0.2, -0.15) is 0 Å². The molecule has 0 saturated heterocycles. The van der Waals surface area contributed by atoms with Crippen LogP contribution < -0.4 is 0 Å². The van der Waals surface area contributed by atoms with Crippen LogP contribution in [0, 0.1) is 0 Å².